The van der Waals surface area contributed by atoms with Crippen LogP contribution in [-0.2, 0) is 0 Å². The molecule has 1 atom stereocenters. The highest BCUT2D eigenvalue weighted by Crippen LogP contribution is 2.33. The zero-order chi connectivity index (χ0) is 17.4. The van der Waals surface area contributed by atoms with Crippen molar-refractivity contribution < 1.29 is 9.53 Å². The van der Waals surface area contributed by atoms with E-state index in [9.17, 15) is 4.79 Å². The molecule has 1 unspecified atom stereocenters. The molecule has 0 saturated carbocycles. The molecule has 1 N–H and O–H groups in total. The second-order valence-corrected chi connectivity index (χ2v) is 6.36. The van der Waals surface area contributed by atoms with E-state index in [1.54, 1.807) is 18.3 Å². The van der Waals surface area contributed by atoms with Gasteiger partial charge < -0.3 is 14.6 Å². The minimum atomic E-state index is -0.0657. The number of hydrogen-bond donors (Lipinski definition) is 1. The van der Waals surface area contributed by atoms with E-state index in [4.69, 9.17) is 9.72 Å². The number of amides is 1. The lowest BCUT2D eigenvalue weighted by atomic mass is 10.2. The predicted octanol–water partition coefficient (Wildman–Crippen LogP) is 3.25. The van der Waals surface area contributed by atoms with Crippen molar-refractivity contribution in [2.24, 2.45) is 0 Å². The van der Waals surface area contributed by atoms with Crippen molar-refractivity contribution in [3.63, 3.8) is 0 Å². The standard InChI is InChI=1S/C19H20N4O2/c1-12-7-8-14-15(11-12)22-17(21-14)16-6-4-10-23(16)19(24)13-5-3-9-20-18(13)25-2/h3,5,7-9,11,16H,4,6,10H2,1-2H3,(H,21,22). The van der Waals surface area contributed by atoms with Gasteiger partial charge >= 0.3 is 0 Å². The summed E-state index contributed by atoms with van der Waals surface area (Å²) in [5.74, 6) is 1.14. The van der Waals surface area contributed by atoms with Crippen LogP contribution in [0.3, 0.4) is 0 Å². The lowest BCUT2D eigenvalue weighted by Gasteiger charge is -2.23. The van der Waals surface area contributed by atoms with Gasteiger partial charge in [-0.15, -0.1) is 0 Å². The number of methoxy groups -OCH3 is 1. The number of nitrogens with one attached hydrogen (secondary N) is 1. The van der Waals surface area contributed by atoms with E-state index in [2.05, 4.69) is 23.0 Å². The third kappa shape index (κ3) is 2.73. The lowest BCUT2D eigenvalue weighted by Crippen LogP contribution is -2.31. The molecule has 1 saturated heterocycles. The molecule has 4 rings (SSSR count). The van der Waals surface area contributed by atoms with Gasteiger partial charge in [0.15, 0.2) is 0 Å². The Morgan fingerprint density at radius 1 is 1.36 bits per heavy atom. The molecular weight excluding hydrogens is 316 g/mol. The fraction of sp³-hybridized carbons (Fsp3) is 0.316. The molecule has 6 nitrogen and oxygen atoms in total. The molecule has 1 aliphatic heterocycles. The van der Waals surface area contributed by atoms with Gasteiger partial charge in [-0.2, -0.15) is 0 Å². The minimum absolute atomic E-state index is 0.0508. The van der Waals surface area contributed by atoms with Crippen molar-refractivity contribution in [1.29, 1.82) is 0 Å². The first-order chi connectivity index (χ1) is 12.2. The van der Waals surface area contributed by atoms with E-state index in [-0.39, 0.29) is 11.9 Å². The number of likely N-dealkylation sites (tertiary alicyclic amines) is 1. The normalized spacial score (nSPS) is 17.2. The molecule has 3 aromatic rings. The Balaban J connectivity index is 1.68. The number of rotatable bonds is 3. The number of fused-ring (bicyclic) bond motifs is 1. The zero-order valence-corrected chi connectivity index (χ0v) is 14.3. The van der Waals surface area contributed by atoms with E-state index in [0.29, 0.717) is 18.0 Å². The Kier molecular flexibility index (Phi) is 3.87. The van der Waals surface area contributed by atoms with Gasteiger partial charge in [0.1, 0.15) is 11.4 Å². The molecule has 0 spiro atoms. The first-order valence-electron chi connectivity index (χ1n) is 8.43. The number of ether oxygens (including phenoxy) is 1. The Hall–Kier alpha value is -2.89. The number of aromatic amines is 1. The Morgan fingerprint density at radius 2 is 2.24 bits per heavy atom. The molecule has 1 aliphatic rings. The molecule has 1 fully saturated rings. The van der Waals surface area contributed by atoms with E-state index in [1.807, 2.05) is 17.0 Å². The SMILES string of the molecule is COc1ncccc1C(=O)N1CCCC1c1nc2ccc(C)cc2[nH]1. The topological polar surface area (TPSA) is 71.1 Å². The number of hydrogen-bond acceptors (Lipinski definition) is 4. The van der Waals surface area contributed by atoms with Crippen LogP contribution >= 0.6 is 0 Å². The van der Waals surface area contributed by atoms with Gasteiger partial charge in [-0.1, -0.05) is 6.07 Å². The average Bonchev–Trinajstić information content (AvgIpc) is 3.27. The lowest BCUT2D eigenvalue weighted by molar-refractivity contribution is 0.0726. The summed E-state index contributed by atoms with van der Waals surface area (Å²) in [7, 11) is 1.53. The molecule has 0 aliphatic carbocycles. The monoisotopic (exact) mass is 336 g/mol. The molecule has 128 valence electrons. The maximum Gasteiger partial charge on any atom is 0.259 e. The van der Waals surface area contributed by atoms with Crippen molar-refractivity contribution in [2.45, 2.75) is 25.8 Å². The van der Waals surface area contributed by atoms with Crippen molar-refractivity contribution in [2.75, 3.05) is 13.7 Å². The second kappa shape index (κ2) is 6.20. The van der Waals surface area contributed by atoms with Crippen LogP contribution in [0.4, 0.5) is 0 Å². The minimum Gasteiger partial charge on any atom is -0.480 e. The van der Waals surface area contributed by atoms with Crippen LogP contribution in [0.25, 0.3) is 11.0 Å². The summed E-state index contributed by atoms with van der Waals surface area (Å²) in [6.07, 6.45) is 3.47. The molecule has 1 amide bonds. The number of imidazole rings is 1. The summed E-state index contributed by atoms with van der Waals surface area (Å²) in [4.78, 5) is 27.1. The molecule has 3 heterocycles. The van der Waals surface area contributed by atoms with Gasteiger partial charge in [-0.05, 0) is 49.6 Å². The first-order valence-corrected chi connectivity index (χ1v) is 8.43. The summed E-state index contributed by atoms with van der Waals surface area (Å²) < 4.78 is 5.25. The largest absolute Gasteiger partial charge is 0.480 e. The van der Waals surface area contributed by atoms with E-state index < -0.39 is 0 Å². The van der Waals surface area contributed by atoms with Gasteiger partial charge in [0, 0.05) is 12.7 Å². The van der Waals surface area contributed by atoms with Crippen LogP contribution in [0.15, 0.2) is 36.5 Å². The number of pyridine rings is 1. The fourth-order valence-corrected chi connectivity index (χ4v) is 3.47. The third-order valence-electron chi connectivity index (χ3n) is 4.68. The average molecular weight is 336 g/mol. The summed E-state index contributed by atoms with van der Waals surface area (Å²) in [5.41, 5.74) is 3.61. The molecular formula is C19H20N4O2. The van der Waals surface area contributed by atoms with Crippen LogP contribution in [0.1, 0.15) is 40.6 Å². The predicted molar refractivity (Wildman–Crippen MR) is 94.6 cm³/mol. The van der Waals surface area contributed by atoms with Crippen molar-refractivity contribution in [3.05, 3.63) is 53.5 Å². The molecule has 1 aromatic carbocycles. The van der Waals surface area contributed by atoms with Crippen LogP contribution in [0, 0.1) is 6.92 Å². The quantitative estimate of drug-likeness (QED) is 0.797. The molecule has 0 radical (unpaired) electrons. The summed E-state index contributed by atoms with van der Waals surface area (Å²) in [6.45, 7) is 2.76. The molecule has 25 heavy (non-hydrogen) atoms. The van der Waals surface area contributed by atoms with Gasteiger partial charge in [0.25, 0.3) is 5.91 Å². The third-order valence-corrected chi connectivity index (χ3v) is 4.68. The number of aromatic nitrogens is 3. The highest BCUT2D eigenvalue weighted by Gasteiger charge is 2.34. The highest BCUT2D eigenvalue weighted by atomic mass is 16.5. The van der Waals surface area contributed by atoms with Gasteiger partial charge in [-0.3, -0.25) is 4.79 Å². The van der Waals surface area contributed by atoms with Crippen molar-refractivity contribution in [3.8, 4) is 5.88 Å². The second-order valence-electron chi connectivity index (χ2n) is 6.36. The number of carbonyl (C=O) groups is 1. The molecule has 0 bridgehead atoms. The van der Waals surface area contributed by atoms with Crippen LogP contribution in [0.2, 0.25) is 0 Å². The summed E-state index contributed by atoms with van der Waals surface area (Å²) in [6, 6.07) is 9.60. The Labute approximate surface area is 145 Å². The Bertz CT molecular complexity index is 934. The van der Waals surface area contributed by atoms with Crippen molar-refractivity contribution >= 4 is 16.9 Å². The summed E-state index contributed by atoms with van der Waals surface area (Å²) >= 11 is 0. The zero-order valence-electron chi connectivity index (χ0n) is 14.3. The first kappa shape index (κ1) is 15.6. The molecule has 6 heteroatoms. The van der Waals surface area contributed by atoms with Crippen molar-refractivity contribution in [1.82, 2.24) is 19.9 Å². The van der Waals surface area contributed by atoms with Crippen LogP contribution in [0.5, 0.6) is 5.88 Å². The van der Waals surface area contributed by atoms with Gasteiger partial charge in [0.05, 0.1) is 24.2 Å². The van der Waals surface area contributed by atoms with Crippen LogP contribution < -0.4 is 4.74 Å². The Morgan fingerprint density at radius 3 is 3.08 bits per heavy atom. The number of carbonyl (C=O) groups excluding carboxylic acids is 1. The van der Waals surface area contributed by atoms with Crippen LogP contribution in [-0.4, -0.2) is 39.4 Å². The highest BCUT2D eigenvalue weighted by molar-refractivity contribution is 5.96. The van der Waals surface area contributed by atoms with E-state index >= 15 is 0 Å². The van der Waals surface area contributed by atoms with Gasteiger partial charge in [-0.25, -0.2) is 9.97 Å². The summed E-state index contributed by atoms with van der Waals surface area (Å²) in [5, 5.41) is 0. The number of aryl methyl sites for hydroxylation is 1. The molecule has 2 aromatic heterocycles. The number of nitrogens with zero attached hydrogens (tertiary/aromatic N) is 3. The maximum atomic E-state index is 13.0. The fourth-order valence-electron chi connectivity index (χ4n) is 3.47. The van der Waals surface area contributed by atoms with Gasteiger partial charge in [0.2, 0.25) is 5.88 Å². The smallest absolute Gasteiger partial charge is 0.259 e. The number of H-pyrrole nitrogens is 1. The number of benzene rings is 1. The van der Waals surface area contributed by atoms with E-state index in [1.165, 1.54) is 12.7 Å². The van der Waals surface area contributed by atoms with E-state index in [0.717, 1.165) is 29.7 Å². The maximum absolute atomic E-state index is 13.0.